The highest BCUT2D eigenvalue weighted by Crippen LogP contribution is 2.27. The Morgan fingerprint density at radius 1 is 1.33 bits per heavy atom. The Kier molecular flexibility index (Phi) is 7.66. The van der Waals surface area contributed by atoms with Gasteiger partial charge in [0.1, 0.15) is 6.04 Å². The van der Waals surface area contributed by atoms with E-state index in [0.29, 0.717) is 19.5 Å². The maximum Gasteiger partial charge on any atom is 0.320 e. The average Bonchev–Trinajstić information content (AvgIpc) is 2.89. The largest absolute Gasteiger partial charge is 0.480 e. The number of hydrogen-bond acceptors (Lipinski definition) is 4. The summed E-state index contributed by atoms with van der Waals surface area (Å²) in [6, 6.07) is -0.664. The Morgan fingerprint density at radius 3 is 2.42 bits per heavy atom. The number of carbonyl (C=O) groups is 3. The molecule has 1 aliphatic heterocycles. The molecule has 0 radical (unpaired) electrons. The second kappa shape index (κ2) is 9.01. The van der Waals surface area contributed by atoms with Gasteiger partial charge in [-0.15, -0.1) is 0 Å². The quantitative estimate of drug-likeness (QED) is 0.681. The highest BCUT2D eigenvalue weighted by molar-refractivity contribution is 5.82. The first-order valence-corrected chi connectivity index (χ1v) is 8.62. The van der Waals surface area contributed by atoms with Crippen molar-refractivity contribution in [2.75, 3.05) is 27.2 Å². The van der Waals surface area contributed by atoms with Crippen LogP contribution >= 0.6 is 0 Å². The molecule has 24 heavy (non-hydrogen) atoms. The monoisotopic (exact) mass is 341 g/mol. The zero-order valence-electron chi connectivity index (χ0n) is 15.4. The Morgan fingerprint density at radius 2 is 1.96 bits per heavy atom. The molecule has 7 heteroatoms. The van der Waals surface area contributed by atoms with Gasteiger partial charge in [-0.3, -0.25) is 19.3 Å². The molecule has 138 valence electrons. The maximum absolute atomic E-state index is 12.2. The van der Waals surface area contributed by atoms with Crippen LogP contribution in [0.3, 0.4) is 0 Å². The van der Waals surface area contributed by atoms with Crippen LogP contribution < -0.4 is 5.32 Å². The Bertz CT molecular complexity index is 467. The van der Waals surface area contributed by atoms with Crippen molar-refractivity contribution in [3.63, 3.8) is 0 Å². The lowest BCUT2D eigenvalue weighted by Crippen LogP contribution is -2.45. The van der Waals surface area contributed by atoms with E-state index in [1.54, 1.807) is 14.1 Å². The SMILES string of the molecule is CCC[C@@H](CN1CC(C(=O)N(C)C)CC1C(=O)O)C(C)NC(C)=O. The van der Waals surface area contributed by atoms with E-state index < -0.39 is 12.0 Å². The molecular formula is C17H31N3O4. The fourth-order valence-corrected chi connectivity index (χ4v) is 3.52. The number of amides is 2. The zero-order valence-corrected chi connectivity index (χ0v) is 15.4. The van der Waals surface area contributed by atoms with Crippen molar-refractivity contribution >= 4 is 17.8 Å². The molecule has 3 unspecified atom stereocenters. The van der Waals surface area contributed by atoms with E-state index in [1.807, 2.05) is 11.8 Å². The van der Waals surface area contributed by atoms with Crippen molar-refractivity contribution in [3.8, 4) is 0 Å². The molecule has 1 saturated heterocycles. The summed E-state index contributed by atoms with van der Waals surface area (Å²) in [5.41, 5.74) is 0. The lowest BCUT2D eigenvalue weighted by molar-refractivity contribution is -0.142. The van der Waals surface area contributed by atoms with E-state index in [2.05, 4.69) is 12.2 Å². The lowest BCUT2D eigenvalue weighted by atomic mass is 9.95. The molecule has 0 spiro atoms. The molecule has 0 aromatic carbocycles. The lowest BCUT2D eigenvalue weighted by Gasteiger charge is -2.31. The van der Waals surface area contributed by atoms with Crippen molar-refractivity contribution in [3.05, 3.63) is 0 Å². The second-order valence-corrected chi connectivity index (χ2v) is 7.01. The first-order valence-electron chi connectivity index (χ1n) is 8.62. The van der Waals surface area contributed by atoms with E-state index in [4.69, 9.17) is 0 Å². The van der Waals surface area contributed by atoms with Gasteiger partial charge in [0.05, 0.1) is 5.92 Å². The summed E-state index contributed by atoms with van der Waals surface area (Å²) in [7, 11) is 3.39. The van der Waals surface area contributed by atoms with Gasteiger partial charge in [0.15, 0.2) is 0 Å². The van der Waals surface area contributed by atoms with Crippen molar-refractivity contribution in [2.24, 2.45) is 11.8 Å². The van der Waals surface area contributed by atoms with Crippen LogP contribution in [0, 0.1) is 11.8 Å². The Hall–Kier alpha value is -1.63. The minimum absolute atomic E-state index is 0.0225. The summed E-state index contributed by atoms with van der Waals surface area (Å²) in [5.74, 6) is -1.11. The van der Waals surface area contributed by atoms with Crippen LogP contribution in [0.1, 0.15) is 40.0 Å². The molecule has 0 aromatic heterocycles. The molecule has 0 aliphatic carbocycles. The van der Waals surface area contributed by atoms with Crippen molar-refractivity contribution in [2.45, 2.75) is 52.1 Å². The molecule has 4 atom stereocenters. The molecule has 0 bridgehead atoms. The number of likely N-dealkylation sites (tertiary alicyclic amines) is 1. The molecule has 0 saturated carbocycles. The van der Waals surface area contributed by atoms with E-state index in [9.17, 15) is 19.5 Å². The standard InChI is InChI=1S/C17H31N3O4/c1-6-7-13(11(2)18-12(3)21)9-20-10-14(16(22)19(4)5)8-15(20)17(23)24/h11,13-15H,6-10H2,1-5H3,(H,18,21)(H,23,24)/t11?,13-,14?,15?/m0/s1. The summed E-state index contributed by atoms with van der Waals surface area (Å²) in [4.78, 5) is 38.5. The molecular weight excluding hydrogens is 310 g/mol. The summed E-state index contributed by atoms with van der Waals surface area (Å²) in [6.45, 7) is 6.55. The van der Waals surface area contributed by atoms with Gasteiger partial charge in [-0.2, -0.15) is 0 Å². The third-order valence-electron chi connectivity index (χ3n) is 4.75. The van der Waals surface area contributed by atoms with Crippen LogP contribution in [0.2, 0.25) is 0 Å². The van der Waals surface area contributed by atoms with Gasteiger partial charge in [-0.1, -0.05) is 13.3 Å². The summed E-state index contributed by atoms with van der Waals surface area (Å²) in [6.07, 6.45) is 2.20. The highest BCUT2D eigenvalue weighted by atomic mass is 16.4. The van der Waals surface area contributed by atoms with Crippen molar-refractivity contribution in [1.29, 1.82) is 0 Å². The summed E-state index contributed by atoms with van der Waals surface area (Å²) in [5, 5.41) is 12.4. The number of carboxylic acid groups (broad SMARTS) is 1. The molecule has 1 fully saturated rings. The van der Waals surface area contributed by atoms with Crippen LogP contribution in [0.25, 0.3) is 0 Å². The van der Waals surface area contributed by atoms with E-state index in [0.717, 1.165) is 12.8 Å². The first-order chi connectivity index (χ1) is 11.2. The number of hydrogen-bond donors (Lipinski definition) is 2. The molecule has 2 N–H and O–H groups in total. The Balaban J connectivity index is 2.84. The van der Waals surface area contributed by atoms with Crippen molar-refractivity contribution < 1.29 is 19.5 Å². The number of aliphatic carboxylic acids is 1. The van der Waals surface area contributed by atoms with Crippen LogP contribution in [-0.4, -0.2) is 72.0 Å². The average molecular weight is 341 g/mol. The van der Waals surface area contributed by atoms with E-state index >= 15 is 0 Å². The second-order valence-electron chi connectivity index (χ2n) is 7.01. The van der Waals surface area contributed by atoms with Crippen LogP contribution in [0.15, 0.2) is 0 Å². The predicted molar refractivity (Wildman–Crippen MR) is 91.5 cm³/mol. The summed E-state index contributed by atoms with van der Waals surface area (Å²) >= 11 is 0. The van der Waals surface area contributed by atoms with Crippen molar-refractivity contribution in [1.82, 2.24) is 15.1 Å². The van der Waals surface area contributed by atoms with Crippen LogP contribution in [0.4, 0.5) is 0 Å². The number of nitrogens with one attached hydrogen (secondary N) is 1. The van der Waals surface area contributed by atoms with Gasteiger partial charge in [0.2, 0.25) is 11.8 Å². The molecule has 1 rings (SSSR count). The molecule has 0 aromatic rings. The molecule has 1 aliphatic rings. The predicted octanol–water partition coefficient (Wildman–Crippen LogP) is 0.791. The number of nitrogens with zero attached hydrogens (tertiary/aromatic N) is 2. The van der Waals surface area contributed by atoms with Gasteiger partial charge in [0.25, 0.3) is 0 Å². The third kappa shape index (κ3) is 5.47. The topological polar surface area (TPSA) is 90.0 Å². The Labute approximate surface area is 144 Å². The molecule has 1 heterocycles. The fraction of sp³-hybridized carbons (Fsp3) is 0.824. The van der Waals surface area contributed by atoms with Gasteiger partial charge < -0.3 is 15.3 Å². The van der Waals surface area contributed by atoms with Gasteiger partial charge in [-0.25, -0.2) is 0 Å². The van der Waals surface area contributed by atoms with E-state index in [1.165, 1.54) is 11.8 Å². The minimum Gasteiger partial charge on any atom is -0.480 e. The highest BCUT2D eigenvalue weighted by Gasteiger charge is 2.41. The molecule has 7 nitrogen and oxygen atoms in total. The van der Waals surface area contributed by atoms with Crippen LogP contribution in [-0.2, 0) is 14.4 Å². The van der Waals surface area contributed by atoms with Gasteiger partial charge >= 0.3 is 5.97 Å². The van der Waals surface area contributed by atoms with E-state index in [-0.39, 0.29) is 29.7 Å². The number of rotatable bonds is 8. The minimum atomic E-state index is -0.883. The van der Waals surface area contributed by atoms with Crippen LogP contribution in [0.5, 0.6) is 0 Å². The normalized spacial score (nSPS) is 23.5. The number of carbonyl (C=O) groups excluding carboxylic acids is 2. The zero-order chi connectivity index (χ0) is 18.4. The summed E-state index contributed by atoms with van der Waals surface area (Å²) < 4.78 is 0. The number of carboxylic acids is 1. The van der Waals surface area contributed by atoms with Gasteiger partial charge in [-0.05, 0) is 25.7 Å². The molecule has 2 amide bonds. The smallest absolute Gasteiger partial charge is 0.320 e. The first kappa shape index (κ1) is 20.4. The van der Waals surface area contributed by atoms with Gasteiger partial charge in [0, 0.05) is 40.2 Å². The fourth-order valence-electron chi connectivity index (χ4n) is 3.52. The maximum atomic E-state index is 12.2. The third-order valence-corrected chi connectivity index (χ3v) is 4.75.